The lowest BCUT2D eigenvalue weighted by atomic mass is 9.84. The number of methoxy groups -OCH3 is 2. The first-order valence-electron chi connectivity index (χ1n) is 11.6. The van der Waals surface area contributed by atoms with E-state index in [1.54, 1.807) is 19.1 Å². The maximum Gasteiger partial charge on any atom is 0.317 e. The first-order valence-corrected chi connectivity index (χ1v) is 11.6. The molecule has 0 saturated carbocycles. The zero-order valence-electron chi connectivity index (χ0n) is 19.8. The molecule has 1 fully saturated rings. The van der Waals surface area contributed by atoms with Gasteiger partial charge in [-0.15, -0.1) is 0 Å². The number of nitrogens with one attached hydrogen (secondary N) is 2. The molecular weight excluding hydrogens is 418 g/mol. The fourth-order valence-corrected chi connectivity index (χ4v) is 4.22. The molecule has 0 aliphatic carbocycles. The average Bonchev–Trinajstić information content (AvgIpc) is 2.87. The van der Waals surface area contributed by atoms with Crippen LogP contribution in [0.4, 0.5) is 4.79 Å². The molecular formula is C26H35N3O4. The third kappa shape index (κ3) is 6.63. The van der Waals surface area contributed by atoms with Gasteiger partial charge >= 0.3 is 6.03 Å². The third-order valence-electron chi connectivity index (χ3n) is 6.10. The molecule has 1 heterocycles. The molecule has 7 heteroatoms. The van der Waals surface area contributed by atoms with E-state index in [-0.39, 0.29) is 23.8 Å². The van der Waals surface area contributed by atoms with Gasteiger partial charge in [0.1, 0.15) is 0 Å². The Balaban J connectivity index is 1.76. The number of piperidine rings is 1. The average molecular weight is 454 g/mol. The van der Waals surface area contributed by atoms with Gasteiger partial charge < -0.3 is 25.0 Å². The SMILES string of the molecule is CCCCNC(=O)N1CC(C(=O)NCc2ccccc2)CC(c2ccc(OC)c(OC)c2)C1. The standard InChI is InChI=1S/C26H35N3O4/c1-4-5-13-27-26(31)29-17-21(20-11-12-23(32-2)24(15-20)33-3)14-22(18-29)25(30)28-16-19-9-7-6-8-10-19/h6-12,15,21-22H,4-5,13-14,16-18H2,1-3H3,(H,27,31)(H,28,30). The van der Waals surface area contributed by atoms with Gasteiger partial charge in [0.05, 0.1) is 20.1 Å². The number of carbonyl (C=O) groups excluding carboxylic acids is 2. The molecule has 3 amide bonds. The Morgan fingerprint density at radius 3 is 2.45 bits per heavy atom. The lowest BCUT2D eigenvalue weighted by Gasteiger charge is -2.37. The number of carbonyl (C=O) groups is 2. The van der Waals surface area contributed by atoms with Gasteiger partial charge in [0.25, 0.3) is 0 Å². The molecule has 0 bridgehead atoms. The molecule has 2 atom stereocenters. The van der Waals surface area contributed by atoms with Crippen molar-refractivity contribution in [1.29, 1.82) is 0 Å². The van der Waals surface area contributed by atoms with E-state index < -0.39 is 0 Å². The van der Waals surface area contributed by atoms with Gasteiger partial charge in [-0.2, -0.15) is 0 Å². The molecule has 3 rings (SSSR count). The molecule has 7 nitrogen and oxygen atoms in total. The largest absolute Gasteiger partial charge is 0.493 e. The molecule has 2 unspecified atom stereocenters. The number of ether oxygens (including phenoxy) is 2. The Hall–Kier alpha value is -3.22. The van der Waals surface area contributed by atoms with Gasteiger partial charge in [-0.25, -0.2) is 4.79 Å². The summed E-state index contributed by atoms with van der Waals surface area (Å²) in [5.74, 6) is 0.990. The minimum Gasteiger partial charge on any atom is -0.493 e. The second-order valence-corrected chi connectivity index (χ2v) is 8.44. The number of hydrogen-bond acceptors (Lipinski definition) is 4. The summed E-state index contributed by atoms with van der Waals surface area (Å²) in [6, 6.07) is 15.5. The Kier molecular flexibility index (Phi) is 8.98. The van der Waals surface area contributed by atoms with E-state index in [2.05, 4.69) is 17.6 Å². The van der Waals surface area contributed by atoms with Crippen molar-refractivity contribution in [2.45, 2.75) is 38.6 Å². The molecule has 1 aliphatic heterocycles. The van der Waals surface area contributed by atoms with E-state index >= 15 is 0 Å². The molecule has 33 heavy (non-hydrogen) atoms. The van der Waals surface area contributed by atoms with Crippen molar-refractivity contribution in [2.24, 2.45) is 5.92 Å². The second-order valence-electron chi connectivity index (χ2n) is 8.44. The number of amides is 3. The number of benzene rings is 2. The van der Waals surface area contributed by atoms with E-state index in [1.807, 2.05) is 48.5 Å². The smallest absolute Gasteiger partial charge is 0.317 e. The summed E-state index contributed by atoms with van der Waals surface area (Å²) in [6.07, 6.45) is 2.60. The fourth-order valence-electron chi connectivity index (χ4n) is 4.22. The molecule has 0 aromatic heterocycles. The van der Waals surface area contributed by atoms with Crippen molar-refractivity contribution in [2.75, 3.05) is 33.9 Å². The third-order valence-corrected chi connectivity index (χ3v) is 6.10. The minimum absolute atomic E-state index is 0.0166. The number of rotatable bonds is 9. The van der Waals surface area contributed by atoms with Crippen LogP contribution in [0.2, 0.25) is 0 Å². The van der Waals surface area contributed by atoms with Crippen LogP contribution in [0.5, 0.6) is 11.5 Å². The molecule has 2 N–H and O–H groups in total. The Morgan fingerprint density at radius 2 is 1.76 bits per heavy atom. The van der Waals surface area contributed by atoms with Crippen LogP contribution in [0.3, 0.4) is 0 Å². The van der Waals surface area contributed by atoms with Crippen LogP contribution < -0.4 is 20.1 Å². The lowest BCUT2D eigenvalue weighted by molar-refractivity contribution is -0.126. The zero-order chi connectivity index (χ0) is 23.6. The highest BCUT2D eigenvalue weighted by molar-refractivity contribution is 5.81. The van der Waals surface area contributed by atoms with Crippen molar-refractivity contribution in [3.05, 3.63) is 59.7 Å². The van der Waals surface area contributed by atoms with Gasteiger partial charge in [0, 0.05) is 32.1 Å². The minimum atomic E-state index is -0.294. The molecule has 2 aromatic carbocycles. The van der Waals surface area contributed by atoms with Crippen molar-refractivity contribution in [3.8, 4) is 11.5 Å². The number of urea groups is 1. The summed E-state index contributed by atoms with van der Waals surface area (Å²) in [6.45, 7) is 4.16. The lowest BCUT2D eigenvalue weighted by Crippen LogP contribution is -2.51. The first-order chi connectivity index (χ1) is 16.0. The van der Waals surface area contributed by atoms with Crippen LogP contribution >= 0.6 is 0 Å². The van der Waals surface area contributed by atoms with Crippen molar-refractivity contribution in [3.63, 3.8) is 0 Å². The van der Waals surface area contributed by atoms with Crippen molar-refractivity contribution in [1.82, 2.24) is 15.5 Å². The summed E-state index contributed by atoms with van der Waals surface area (Å²) in [5, 5.41) is 6.05. The Morgan fingerprint density at radius 1 is 1.00 bits per heavy atom. The second kappa shape index (κ2) is 12.1. The molecule has 1 saturated heterocycles. The van der Waals surface area contributed by atoms with Gasteiger partial charge in [-0.05, 0) is 36.1 Å². The number of hydrogen-bond donors (Lipinski definition) is 2. The topological polar surface area (TPSA) is 79.9 Å². The maximum absolute atomic E-state index is 13.1. The Labute approximate surface area is 196 Å². The Bertz CT molecular complexity index is 919. The summed E-state index contributed by atoms with van der Waals surface area (Å²) < 4.78 is 10.8. The number of unbranched alkanes of at least 4 members (excludes halogenated alkanes) is 1. The summed E-state index contributed by atoms with van der Waals surface area (Å²) in [5.41, 5.74) is 2.08. The van der Waals surface area contributed by atoms with Crippen LogP contribution in [0.15, 0.2) is 48.5 Å². The fraction of sp³-hybridized carbons (Fsp3) is 0.462. The summed E-state index contributed by atoms with van der Waals surface area (Å²) >= 11 is 0. The number of likely N-dealkylation sites (tertiary alicyclic amines) is 1. The highest BCUT2D eigenvalue weighted by Gasteiger charge is 2.34. The zero-order valence-corrected chi connectivity index (χ0v) is 19.8. The van der Waals surface area contributed by atoms with E-state index in [0.717, 1.165) is 24.0 Å². The first kappa shape index (κ1) is 24.4. The van der Waals surface area contributed by atoms with Crippen LogP contribution in [0, 0.1) is 5.92 Å². The van der Waals surface area contributed by atoms with Gasteiger partial charge in [0.2, 0.25) is 5.91 Å². The summed E-state index contributed by atoms with van der Waals surface area (Å²) in [4.78, 5) is 27.7. The van der Waals surface area contributed by atoms with Crippen LogP contribution in [-0.2, 0) is 11.3 Å². The highest BCUT2D eigenvalue weighted by Crippen LogP contribution is 2.35. The van der Waals surface area contributed by atoms with Crippen LogP contribution in [0.1, 0.15) is 43.2 Å². The molecule has 2 aromatic rings. The van der Waals surface area contributed by atoms with Crippen LogP contribution in [-0.4, -0.2) is 50.7 Å². The molecule has 0 spiro atoms. The van der Waals surface area contributed by atoms with E-state index in [9.17, 15) is 9.59 Å². The monoisotopic (exact) mass is 453 g/mol. The van der Waals surface area contributed by atoms with Gasteiger partial charge in [0.15, 0.2) is 11.5 Å². The quantitative estimate of drug-likeness (QED) is 0.564. The van der Waals surface area contributed by atoms with Gasteiger partial charge in [-0.3, -0.25) is 4.79 Å². The normalized spacial score (nSPS) is 17.8. The van der Waals surface area contributed by atoms with E-state index in [4.69, 9.17) is 9.47 Å². The van der Waals surface area contributed by atoms with E-state index in [1.165, 1.54) is 0 Å². The molecule has 0 radical (unpaired) electrons. The van der Waals surface area contributed by atoms with Crippen molar-refractivity contribution < 1.29 is 19.1 Å². The molecule has 178 valence electrons. The predicted octanol–water partition coefficient (Wildman–Crippen LogP) is 3.94. The van der Waals surface area contributed by atoms with Crippen LogP contribution in [0.25, 0.3) is 0 Å². The predicted molar refractivity (Wildman–Crippen MR) is 129 cm³/mol. The van der Waals surface area contributed by atoms with Gasteiger partial charge in [-0.1, -0.05) is 49.7 Å². The van der Waals surface area contributed by atoms with E-state index in [0.29, 0.717) is 44.1 Å². The maximum atomic E-state index is 13.1. The highest BCUT2D eigenvalue weighted by atomic mass is 16.5. The molecule has 1 aliphatic rings. The van der Waals surface area contributed by atoms with Crippen molar-refractivity contribution >= 4 is 11.9 Å². The number of nitrogens with zero attached hydrogens (tertiary/aromatic N) is 1. The summed E-state index contributed by atoms with van der Waals surface area (Å²) in [7, 11) is 3.21.